The minimum Gasteiger partial charge on any atom is -0.466 e. The number of rotatable bonds is 12. The maximum atomic E-state index is 14.0. The van der Waals surface area contributed by atoms with Crippen LogP contribution in [0.5, 0.6) is 0 Å². The Bertz CT molecular complexity index is 1590. The Hall–Kier alpha value is -4.40. The lowest BCUT2D eigenvalue weighted by Crippen LogP contribution is -2.39. The van der Waals surface area contributed by atoms with Crippen molar-refractivity contribution >= 4 is 29.5 Å². The van der Waals surface area contributed by atoms with Crippen molar-refractivity contribution in [1.29, 1.82) is 0 Å². The zero-order valence-electron chi connectivity index (χ0n) is 27.8. The van der Waals surface area contributed by atoms with E-state index >= 15 is 0 Å². The number of pyridine rings is 1. The lowest BCUT2D eigenvalue weighted by molar-refractivity contribution is -0.149. The van der Waals surface area contributed by atoms with Gasteiger partial charge in [-0.05, 0) is 83.8 Å². The molecule has 3 heterocycles. The summed E-state index contributed by atoms with van der Waals surface area (Å²) in [6.07, 6.45) is 3.65. The van der Waals surface area contributed by atoms with E-state index in [9.17, 15) is 23.2 Å². The fourth-order valence-electron chi connectivity index (χ4n) is 5.85. The molecular weight excluding hydrogens is 630 g/mol. The van der Waals surface area contributed by atoms with Crippen molar-refractivity contribution in [3.63, 3.8) is 0 Å². The molecule has 48 heavy (non-hydrogen) atoms. The number of carbonyl (C=O) groups is 3. The summed E-state index contributed by atoms with van der Waals surface area (Å²) in [7, 11) is 1.64. The van der Waals surface area contributed by atoms with Gasteiger partial charge in [0.05, 0.1) is 24.3 Å². The SMILES string of the molecule is CCOC(=O)C1CCC(n2cc(NC(=O)c3coc(-c4ccnc(N(CC5CC5COC)C(=O)OC(C)(C)C)c4)n3)c(C(F)F)n2)CC1. The summed E-state index contributed by atoms with van der Waals surface area (Å²) in [5.41, 5.74) is -1.13. The number of nitrogens with zero attached hydrogens (tertiary/aromatic N) is 5. The van der Waals surface area contributed by atoms with Gasteiger partial charge in [0.2, 0.25) is 5.89 Å². The molecule has 0 spiro atoms. The number of alkyl halides is 2. The lowest BCUT2D eigenvalue weighted by atomic mass is 9.86. The van der Waals surface area contributed by atoms with Gasteiger partial charge in [-0.2, -0.15) is 5.10 Å². The van der Waals surface area contributed by atoms with Crippen LogP contribution in [0.2, 0.25) is 0 Å². The van der Waals surface area contributed by atoms with E-state index in [0.717, 1.165) is 12.7 Å². The van der Waals surface area contributed by atoms with Gasteiger partial charge in [0.15, 0.2) is 11.4 Å². The number of nitrogens with one attached hydrogen (secondary N) is 1. The maximum Gasteiger partial charge on any atom is 0.416 e. The molecule has 2 fully saturated rings. The molecule has 2 aliphatic rings. The number of anilines is 2. The predicted molar refractivity (Wildman–Crippen MR) is 170 cm³/mol. The second kappa shape index (κ2) is 14.8. The first-order chi connectivity index (χ1) is 22.9. The molecule has 5 rings (SSSR count). The highest BCUT2D eigenvalue weighted by molar-refractivity contribution is 6.03. The molecule has 2 amide bonds. The lowest BCUT2D eigenvalue weighted by Gasteiger charge is -2.27. The van der Waals surface area contributed by atoms with Crippen molar-refractivity contribution < 1.29 is 41.8 Å². The molecule has 0 bridgehead atoms. The average Bonchev–Trinajstić information content (AvgIpc) is 3.38. The van der Waals surface area contributed by atoms with Crippen molar-refractivity contribution in [2.75, 3.05) is 37.1 Å². The van der Waals surface area contributed by atoms with Crippen LogP contribution in [0.4, 0.5) is 25.1 Å². The predicted octanol–water partition coefficient (Wildman–Crippen LogP) is 6.44. The molecule has 2 saturated carbocycles. The Balaban J connectivity index is 1.29. The van der Waals surface area contributed by atoms with Crippen LogP contribution in [0.1, 0.15) is 88.4 Å². The molecule has 2 atom stereocenters. The topological polar surface area (TPSA) is 151 Å². The van der Waals surface area contributed by atoms with Crippen LogP contribution in [0.3, 0.4) is 0 Å². The minimum atomic E-state index is -2.94. The van der Waals surface area contributed by atoms with Gasteiger partial charge in [-0.25, -0.2) is 23.5 Å². The first-order valence-corrected chi connectivity index (χ1v) is 16.1. The van der Waals surface area contributed by atoms with Gasteiger partial charge >= 0.3 is 12.1 Å². The Morgan fingerprint density at radius 3 is 2.58 bits per heavy atom. The van der Waals surface area contributed by atoms with E-state index in [1.165, 1.54) is 22.0 Å². The Morgan fingerprint density at radius 1 is 1.17 bits per heavy atom. The number of oxazole rings is 1. The van der Waals surface area contributed by atoms with Crippen molar-refractivity contribution in [3.8, 4) is 11.5 Å². The number of carbonyl (C=O) groups excluding carboxylic acids is 3. The van der Waals surface area contributed by atoms with E-state index in [1.54, 1.807) is 46.9 Å². The third-order valence-corrected chi connectivity index (χ3v) is 8.39. The highest BCUT2D eigenvalue weighted by atomic mass is 19.3. The fraction of sp³-hybridized carbons (Fsp3) is 0.576. The molecule has 3 aromatic heterocycles. The Labute approximate surface area is 277 Å². The minimum absolute atomic E-state index is 0.0692. The molecule has 1 N–H and O–H groups in total. The summed E-state index contributed by atoms with van der Waals surface area (Å²) >= 11 is 0. The zero-order chi connectivity index (χ0) is 34.6. The zero-order valence-corrected chi connectivity index (χ0v) is 27.8. The Morgan fingerprint density at radius 2 is 1.92 bits per heavy atom. The van der Waals surface area contributed by atoms with Crippen LogP contribution >= 0.6 is 0 Å². The van der Waals surface area contributed by atoms with E-state index in [2.05, 4.69) is 20.4 Å². The number of esters is 1. The van der Waals surface area contributed by atoms with Gasteiger partial charge in [0, 0.05) is 38.2 Å². The van der Waals surface area contributed by atoms with E-state index in [4.69, 9.17) is 18.6 Å². The third-order valence-electron chi connectivity index (χ3n) is 8.39. The molecule has 3 aromatic rings. The summed E-state index contributed by atoms with van der Waals surface area (Å²) in [5.74, 6) is -0.293. The highest BCUT2D eigenvalue weighted by Gasteiger charge is 2.40. The molecule has 0 saturated heterocycles. The van der Waals surface area contributed by atoms with Crippen molar-refractivity contribution in [2.45, 2.75) is 77.9 Å². The Kier molecular flexibility index (Phi) is 10.8. The standard InChI is InChI=1S/C33H42F2N6O7/c1-6-46-31(43)19-7-9-23(10-8-19)41-16-24(27(39-41)28(34)35)37-29(42)25-18-47-30(38-25)20-11-12-36-26(14-20)40(32(44)48-33(2,3)4)15-21-13-22(21)17-45-5/h11-12,14,16,18-19,21-23,28H,6-10,13,15,17H2,1-5H3,(H,37,42). The molecule has 260 valence electrons. The number of hydrogen-bond donors (Lipinski definition) is 1. The molecule has 0 radical (unpaired) electrons. The molecule has 13 nitrogen and oxygen atoms in total. The number of halogens is 2. The van der Waals surface area contributed by atoms with Crippen LogP contribution in [-0.4, -0.2) is 70.2 Å². The van der Waals surface area contributed by atoms with Crippen molar-refractivity contribution in [3.05, 3.63) is 42.2 Å². The molecule has 15 heteroatoms. The number of aromatic nitrogens is 4. The quantitative estimate of drug-likeness (QED) is 0.213. The molecule has 2 unspecified atom stereocenters. The summed E-state index contributed by atoms with van der Waals surface area (Å²) in [4.78, 5) is 48.6. The fourth-order valence-corrected chi connectivity index (χ4v) is 5.85. The highest BCUT2D eigenvalue weighted by Crippen LogP contribution is 2.40. The third kappa shape index (κ3) is 8.54. The molecule has 0 aromatic carbocycles. The van der Waals surface area contributed by atoms with E-state index in [-0.39, 0.29) is 41.1 Å². The maximum absolute atomic E-state index is 14.0. The van der Waals surface area contributed by atoms with Gasteiger partial charge in [0.1, 0.15) is 17.7 Å². The number of hydrogen-bond acceptors (Lipinski definition) is 10. The van der Waals surface area contributed by atoms with Gasteiger partial charge in [0.25, 0.3) is 12.3 Å². The monoisotopic (exact) mass is 672 g/mol. The number of ether oxygens (including phenoxy) is 3. The average molecular weight is 673 g/mol. The normalized spacial score (nSPS) is 20.8. The summed E-state index contributed by atoms with van der Waals surface area (Å²) in [6.45, 7) is 8.38. The van der Waals surface area contributed by atoms with Crippen LogP contribution in [-0.2, 0) is 19.0 Å². The number of amides is 2. The van der Waals surface area contributed by atoms with Gasteiger partial charge < -0.3 is 23.9 Å². The van der Waals surface area contributed by atoms with Crippen LogP contribution in [0.15, 0.2) is 35.2 Å². The smallest absolute Gasteiger partial charge is 0.416 e. The van der Waals surface area contributed by atoms with Crippen LogP contribution < -0.4 is 10.2 Å². The summed E-state index contributed by atoms with van der Waals surface area (Å²) < 4.78 is 51.0. The second-order valence-corrected chi connectivity index (χ2v) is 13.2. The van der Waals surface area contributed by atoms with Gasteiger partial charge in [-0.1, -0.05) is 0 Å². The van der Waals surface area contributed by atoms with Crippen molar-refractivity contribution in [1.82, 2.24) is 19.7 Å². The van der Waals surface area contributed by atoms with E-state index in [0.29, 0.717) is 62.7 Å². The van der Waals surface area contributed by atoms with Gasteiger partial charge in [-0.3, -0.25) is 19.2 Å². The number of methoxy groups -OCH3 is 1. The van der Waals surface area contributed by atoms with E-state index < -0.39 is 29.7 Å². The first-order valence-electron chi connectivity index (χ1n) is 16.1. The van der Waals surface area contributed by atoms with Crippen LogP contribution in [0.25, 0.3) is 11.5 Å². The molecule has 2 aliphatic carbocycles. The first kappa shape index (κ1) is 34.9. The van der Waals surface area contributed by atoms with Crippen LogP contribution in [0, 0.1) is 17.8 Å². The van der Waals surface area contributed by atoms with E-state index in [1.807, 2.05) is 0 Å². The summed E-state index contributed by atoms with van der Waals surface area (Å²) in [5, 5.41) is 6.57. The van der Waals surface area contributed by atoms with Gasteiger partial charge in [-0.15, -0.1) is 0 Å². The summed E-state index contributed by atoms with van der Waals surface area (Å²) in [6, 6.07) is 3.02. The second-order valence-electron chi connectivity index (χ2n) is 13.2. The largest absolute Gasteiger partial charge is 0.466 e. The molecular formula is C33H42F2N6O7. The molecule has 0 aliphatic heterocycles. The van der Waals surface area contributed by atoms with Crippen molar-refractivity contribution in [2.24, 2.45) is 17.8 Å².